The lowest BCUT2D eigenvalue weighted by Crippen LogP contribution is -2.17. The highest BCUT2D eigenvalue weighted by Crippen LogP contribution is 2.44. The molecule has 26 heavy (non-hydrogen) atoms. The van der Waals surface area contributed by atoms with Crippen molar-refractivity contribution in [3.05, 3.63) is 42.1 Å². The Hall–Kier alpha value is -2.82. The molecule has 0 bridgehead atoms. The van der Waals surface area contributed by atoms with Crippen LogP contribution in [0.4, 0.5) is 5.69 Å². The van der Waals surface area contributed by atoms with E-state index in [0.29, 0.717) is 12.3 Å². The van der Waals surface area contributed by atoms with Crippen LogP contribution in [0.2, 0.25) is 0 Å². The molecule has 1 aliphatic carbocycles. The number of rotatable bonds is 2. The van der Waals surface area contributed by atoms with Gasteiger partial charge in [0.1, 0.15) is 6.10 Å². The molecule has 0 saturated heterocycles. The Labute approximate surface area is 152 Å². The molecule has 0 unspecified atom stereocenters. The summed E-state index contributed by atoms with van der Waals surface area (Å²) >= 11 is 0. The summed E-state index contributed by atoms with van der Waals surface area (Å²) in [5.74, 6) is 1.34. The Morgan fingerprint density at radius 1 is 1.23 bits per heavy atom. The van der Waals surface area contributed by atoms with Crippen molar-refractivity contribution in [2.24, 2.45) is 7.05 Å². The highest BCUT2D eigenvalue weighted by Gasteiger charge is 2.29. The number of aromatic nitrogens is 2. The van der Waals surface area contributed by atoms with Crippen molar-refractivity contribution < 1.29 is 9.53 Å². The number of nitrogens with one attached hydrogen (secondary N) is 1. The number of carbonyl (C=O) groups is 1. The second-order valence-corrected chi connectivity index (χ2v) is 7.38. The summed E-state index contributed by atoms with van der Waals surface area (Å²) in [5, 5.41) is 8.92. The van der Waals surface area contributed by atoms with Gasteiger partial charge < -0.3 is 10.1 Å². The molecule has 1 N–H and O–H groups in total. The lowest BCUT2D eigenvalue weighted by molar-refractivity contribution is -0.117. The molecule has 5 nitrogen and oxygen atoms in total. The van der Waals surface area contributed by atoms with Gasteiger partial charge in [-0.15, -0.1) is 0 Å². The Balaban J connectivity index is 1.68. The second kappa shape index (κ2) is 5.59. The SMILES string of the molecule is C[C@@H]1CC(=O)Nc2cccc(-c3ccc4c(c3)c(C3CC3)nn4C)c2O1. The molecule has 2 aliphatic rings. The lowest BCUT2D eigenvalue weighted by atomic mass is 10.0. The maximum atomic E-state index is 12.0. The number of para-hydroxylation sites is 1. The molecule has 1 amide bonds. The third-order valence-electron chi connectivity index (χ3n) is 5.23. The van der Waals surface area contributed by atoms with E-state index in [2.05, 4.69) is 29.6 Å². The van der Waals surface area contributed by atoms with Gasteiger partial charge in [-0.1, -0.05) is 18.2 Å². The van der Waals surface area contributed by atoms with Gasteiger partial charge in [-0.3, -0.25) is 9.48 Å². The molecule has 1 atom stereocenters. The lowest BCUT2D eigenvalue weighted by Gasteiger charge is -2.16. The summed E-state index contributed by atoms with van der Waals surface area (Å²) in [5.41, 5.74) is 5.19. The van der Waals surface area contributed by atoms with Gasteiger partial charge in [0.25, 0.3) is 0 Å². The molecule has 132 valence electrons. The molecular formula is C21H21N3O2. The number of carbonyl (C=O) groups excluding carboxylic acids is 1. The molecule has 0 spiro atoms. The van der Waals surface area contributed by atoms with Crippen LogP contribution in [0, 0.1) is 0 Å². The van der Waals surface area contributed by atoms with Gasteiger partial charge in [0.2, 0.25) is 5.91 Å². The number of aryl methyl sites for hydroxylation is 1. The van der Waals surface area contributed by atoms with Crippen LogP contribution >= 0.6 is 0 Å². The van der Waals surface area contributed by atoms with E-state index in [1.807, 2.05) is 30.8 Å². The monoisotopic (exact) mass is 347 g/mol. The Bertz CT molecular complexity index is 1030. The first kappa shape index (κ1) is 15.4. The van der Waals surface area contributed by atoms with Gasteiger partial charge in [0.05, 0.1) is 23.3 Å². The summed E-state index contributed by atoms with van der Waals surface area (Å²) in [6.45, 7) is 1.93. The molecule has 5 heteroatoms. The van der Waals surface area contributed by atoms with Crippen LogP contribution in [0.1, 0.15) is 37.8 Å². The van der Waals surface area contributed by atoms with E-state index < -0.39 is 0 Å². The number of hydrogen-bond acceptors (Lipinski definition) is 3. The van der Waals surface area contributed by atoms with E-state index in [0.717, 1.165) is 28.1 Å². The summed E-state index contributed by atoms with van der Waals surface area (Å²) in [6.07, 6.45) is 2.66. The van der Waals surface area contributed by atoms with E-state index in [1.165, 1.54) is 23.9 Å². The van der Waals surface area contributed by atoms with E-state index in [-0.39, 0.29) is 12.0 Å². The third kappa shape index (κ3) is 2.46. The summed E-state index contributed by atoms with van der Waals surface area (Å²) < 4.78 is 8.09. The Morgan fingerprint density at radius 2 is 2.08 bits per heavy atom. The minimum absolute atomic E-state index is 0.00729. The quantitative estimate of drug-likeness (QED) is 0.755. The Kier molecular flexibility index (Phi) is 3.32. The highest BCUT2D eigenvalue weighted by molar-refractivity contribution is 5.96. The van der Waals surface area contributed by atoms with Crippen LogP contribution < -0.4 is 10.1 Å². The van der Waals surface area contributed by atoms with E-state index in [1.54, 1.807) is 0 Å². The number of nitrogens with zero attached hydrogens (tertiary/aromatic N) is 2. The fourth-order valence-corrected chi connectivity index (χ4v) is 3.81. The van der Waals surface area contributed by atoms with Crippen LogP contribution in [0.3, 0.4) is 0 Å². The zero-order chi connectivity index (χ0) is 17.8. The van der Waals surface area contributed by atoms with Crippen LogP contribution in [0.15, 0.2) is 36.4 Å². The topological polar surface area (TPSA) is 56.2 Å². The maximum absolute atomic E-state index is 12.0. The molecule has 0 radical (unpaired) electrons. The fourth-order valence-electron chi connectivity index (χ4n) is 3.81. The van der Waals surface area contributed by atoms with Gasteiger partial charge in [0.15, 0.2) is 5.75 Å². The van der Waals surface area contributed by atoms with Gasteiger partial charge in [0, 0.05) is 23.9 Å². The molecule has 3 aromatic rings. The average molecular weight is 347 g/mol. The standard InChI is InChI=1S/C21H21N3O2/c1-12-10-19(25)22-17-5-3-4-15(21(17)26-12)14-8-9-18-16(11-14)20(13-6-7-13)23-24(18)2/h3-5,8-9,11-13H,6-7,10H2,1-2H3,(H,22,25)/t12-/m1/s1. The molecule has 1 aromatic heterocycles. The zero-order valence-corrected chi connectivity index (χ0v) is 15.0. The van der Waals surface area contributed by atoms with E-state index in [9.17, 15) is 4.79 Å². The minimum atomic E-state index is -0.151. The number of ether oxygens (including phenoxy) is 1. The predicted molar refractivity (Wildman–Crippen MR) is 101 cm³/mol. The van der Waals surface area contributed by atoms with Crippen LogP contribution in [0.25, 0.3) is 22.0 Å². The van der Waals surface area contributed by atoms with Crippen molar-refractivity contribution >= 4 is 22.5 Å². The summed E-state index contributed by atoms with van der Waals surface area (Å²) in [6, 6.07) is 12.4. The first-order valence-corrected chi connectivity index (χ1v) is 9.16. The minimum Gasteiger partial charge on any atom is -0.487 e. The molecule has 5 rings (SSSR count). The number of fused-ring (bicyclic) bond motifs is 2. The molecule has 1 aliphatic heterocycles. The van der Waals surface area contributed by atoms with Crippen LogP contribution in [-0.2, 0) is 11.8 Å². The van der Waals surface area contributed by atoms with Gasteiger partial charge in [-0.05, 0) is 43.5 Å². The van der Waals surface area contributed by atoms with Crippen molar-refractivity contribution in [3.8, 4) is 16.9 Å². The number of benzene rings is 2. The third-order valence-corrected chi connectivity index (χ3v) is 5.23. The van der Waals surface area contributed by atoms with Crippen molar-refractivity contribution in [2.45, 2.75) is 38.2 Å². The summed E-state index contributed by atoms with van der Waals surface area (Å²) in [4.78, 5) is 12.0. The van der Waals surface area contributed by atoms with Crippen molar-refractivity contribution in [1.82, 2.24) is 9.78 Å². The van der Waals surface area contributed by atoms with Crippen LogP contribution in [-0.4, -0.2) is 21.8 Å². The molecule has 1 fully saturated rings. The van der Waals surface area contributed by atoms with Crippen LogP contribution in [0.5, 0.6) is 5.75 Å². The van der Waals surface area contributed by atoms with E-state index in [4.69, 9.17) is 9.84 Å². The normalized spacial score (nSPS) is 19.6. The summed E-state index contributed by atoms with van der Waals surface area (Å²) in [7, 11) is 2.00. The number of amides is 1. The van der Waals surface area contributed by atoms with Crippen molar-refractivity contribution in [2.75, 3.05) is 5.32 Å². The van der Waals surface area contributed by atoms with Crippen molar-refractivity contribution in [3.63, 3.8) is 0 Å². The fraction of sp³-hybridized carbons (Fsp3) is 0.333. The first-order valence-electron chi connectivity index (χ1n) is 9.16. The molecule has 2 heterocycles. The van der Waals surface area contributed by atoms with Crippen molar-refractivity contribution in [1.29, 1.82) is 0 Å². The Morgan fingerprint density at radius 3 is 2.88 bits per heavy atom. The number of anilines is 1. The molecule has 1 saturated carbocycles. The zero-order valence-electron chi connectivity index (χ0n) is 15.0. The largest absolute Gasteiger partial charge is 0.487 e. The molecule has 2 aromatic carbocycles. The van der Waals surface area contributed by atoms with Gasteiger partial charge >= 0.3 is 0 Å². The smallest absolute Gasteiger partial charge is 0.228 e. The van der Waals surface area contributed by atoms with Gasteiger partial charge in [-0.25, -0.2) is 0 Å². The van der Waals surface area contributed by atoms with Gasteiger partial charge in [-0.2, -0.15) is 5.10 Å². The first-order chi connectivity index (χ1) is 12.6. The average Bonchev–Trinajstić information content (AvgIpc) is 3.41. The maximum Gasteiger partial charge on any atom is 0.228 e. The number of hydrogen-bond donors (Lipinski definition) is 1. The predicted octanol–water partition coefficient (Wildman–Crippen LogP) is 4.23. The van der Waals surface area contributed by atoms with E-state index >= 15 is 0 Å². The second-order valence-electron chi connectivity index (χ2n) is 7.38. The molecular weight excluding hydrogens is 326 g/mol. The highest BCUT2D eigenvalue weighted by atomic mass is 16.5.